The molecule has 5 nitrogen and oxygen atoms in total. The van der Waals surface area contributed by atoms with Gasteiger partial charge in [-0.3, -0.25) is 4.79 Å². The van der Waals surface area contributed by atoms with Gasteiger partial charge in [-0.1, -0.05) is 6.92 Å². The van der Waals surface area contributed by atoms with Crippen molar-refractivity contribution in [3.8, 4) is 5.75 Å². The third kappa shape index (κ3) is 3.29. The van der Waals surface area contributed by atoms with E-state index in [2.05, 4.69) is 13.8 Å². The SMILES string of the molecule is Cc1c(C)c(C)c2c(c1C)OC1(CCN(C(=O)OC(C)(C)C)CC1)C(C)C2=O. The molecule has 1 atom stereocenters. The molecule has 154 valence electrons. The van der Waals surface area contributed by atoms with Crippen LogP contribution in [0.4, 0.5) is 4.79 Å². The van der Waals surface area contributed by atoms with E-state index in [1.165, 1.54) is 5.56 Å². The molecule has 0 saturated carbocycles. The van der Waals surface area contributed by atoms with Crippen molar-refractivity contribution in [1.29, 1.82) is 0 Å². The highest BCUT2D eigenvalue weighted by Gasteiger charge is 2.50. The van der Waals surface area contributed by atoms with Crippen molar-refractivity contribution in [2.75, 3.05) is 13.1 Å². The first kappa shape index (κ1) is 20.7. The number of rotatable bonds is 0. The van der Waals surface area contributed by atoms with Crippen LogP contribution in [0.25, 0.3) is 0 Å². The average molecular weight is 388 g/mol. The summed E-state index contributed by atoms with van der Waals surface area (Å²) in [5.74, 6) is 0.672. The average Bonchev–Trinajstić information content (AvgIpc) is 2.61. The highest BCUT2D eigenvalue weighted by atomic mass is 16.6. The van der Waals surface area contributed by atoms with E-state index in [1.54, 1.807) is 4.90 Å². The molecule has 1 spiro atoms. The van der Waals surface area contributed by atoms with E-state index >= 15 is 0 Å². The number of piperidine rings is 1. The molecule has 2 aliphatic heterocycles. The Labute approximate surface area is 168 Å². The van der Waals surface area contributed by atoms with Crippen molar-refractivity contribution in [3.63, 3.8) is 0 Å². The van der Waals surface area contributed by atoms with Crippen LogP contribution in [-0.2, 0) is 4.74 Å². The Morgan fingerprint density at radius 1 is 1.04 bits per heavy atom. The highest BCUT2D eigenvalue weighted by Crippen LogP contribution is 2.46. The van der Waals surface area contributed by atoms with Crippen molar-refractivity contribution in [3.05, 3.63) is 27.8 Å². The van der Waals surface area contributed by atoms with Gasteiger partial charge >= 0.3 is 6.09 Å². The number of carbonyl (C=O) groups excluding carboxylic acids is 2. The van der Waals surface area contributed by atoms with E-state index in [4.69, 9.17) is 9.47 Å². The zero-order chi connectivity index (χ0) is 21.0. The lowest BCUT2D eigenvalue weighted by Gasteiger charge is -2.48. The monoisotopic (exact) mass is 387 g/mol. The molecule has 28 heavy (non-hydrogen) atoms. The summed E-state index contributed by atoms with van der Waals surface area (Å²) in [7, 11) is 0. The second-order valence-corrected chi connectivity index (χ2v) is 9.42. The summed E-state index contributed by atoms with van der Waals surface area (Å²) in [4.78, 5) is 27.5. The van der Waals surface area contributed by atoms with E-state index in [0.717, 1.165) is 28.0 Å². The van der Waals surface area contributed by atoms with Crippen LogP contribution >= 0.6 is 0 Å². The fraction of sp³-hybridized carbons (Fsp3) is 0.652. The molecular formula is C23H33NO4. The lowest BCUT2D eigenvalue weighted by atomic mass is 9.73. The first-order valence-electron chi connectivity index (χ1n) is 10.2. The number of fused-ring (bicyclic) bond motifs is 1. The minimum atomic E-state index is -0.554. The van der Waals surface area contributed by atoms with Crippen molar-refractivity contribution < 1.29 is 19.1 Å². The lowest BCUT2D eigenvalue weighted by Crippen LogP contribution is -2.57. The van der Waals surface area contributed by atoms with Crippen LogP contribution in [0.1, 0.15) is 73.1 Å². The largest absolute Gasteiger partial charge is 0.485 e. The number of ketones is 1. The van der Waals surface area contributed by atoms with Gasteiger partial charge in [0.05, 0.1) is 11.5 Å². The number of hydrogen-bond acceptors (Lipinski definition) is 4. The summed E-state index contributed by atoms with van der Waals surface area (Å²) in [5, 5.41) is 0. The van der Waals surface area contributed by atoms with E-state index in [-0.39, 0.29) is 17.8 Å². The molecule has 2 aliphatic rings. The standard InChI is InChI=1S/C23H33NO4/c1-13-14(2)16(4)20-18(15(13)3)19(25)17(5)23(27-20)9-11-24(12-10-23)21(26)28-22(6,7)8/h17H,9-12H2,1-8H3. The Kier molecular flexibility index (Phi) is 5.01. The Balaban J connectivity index is 1.88. The Morgan fingerprint density at radius 2 is 1.57 bits per heavy atom. The van der Waals surface area contributed by atoms with Gasteiger partial charge in [0.25, 0.3) is 0 Å². The van der Waals surface area contributed by atoms with Crippen molar-refractivity contribution >= 4 is 11.9 Å². The van der Waals surface area contributed by atoms with Crippen molar-refractivity contribution in [2.45, 2.75) is 79.4 Å². The first-order chi connectivity index (χ1) is 12.9. The number of hydrogen-bond donors (Lipinski definition) is 0. The minimum Gasteiger partial charge on any atom is -0.485 e. The van der Waals surface area contributed by atoms with Gasteiger partial charge in [0.2, 0.25) is 0 Å². The van der Waals surface area contributed by atoms with Crippen LogP contribution in [0.2, 0.25) is 0 Å². The van der Waals surface area contributed by atoms with Gasteiger partial charge < -0.3 is 14.4 Å². The summed E-state index contributed by atoms with van der Waals surface area (Å²) >= 11 is 0. The topological polar surface area (TPSA) is 55.8 Å². The van der Waals surface area contributed by atoms with Gasteiger partial charge in [-0.05, 0) is 70.7 Å². The zero-order valence-electron chi connectivity index (χ0n) is 18.5. The quantitative estimate of drug-likeness (QED) is 0.635. The molecular weight excluding hydrogens is 354 g/mol. The lowest BCUT2D eigenvalue weighted by molar-refractivity contribution is -0.0451. The molecule has 0 aromatic heterocycles. The summed E-state index contributed by atoms with van der Waals surface area (Å²) in [5.41, 5.74) is 4.09. The second-order valence-electron chi connectivity index (χ2n) is 9.42. The van der Waals surface area contributed by atoms with E-state index in [0.29, 0.717) is 25.9 Å². The number of amides is 1. The van der Waals surface area contributed by atoms with Gasteiger partial charge in [-0.25, -0.2) is 4.79 Å². The maximum Gasteiger partial charge on any atom is 0.410 e. The maximum atomic E-state index is 13.3. The molecule has 1 saturated heterocycles. The van der Waals surface area contributed by atoms with Gasteiger partial charge in [0.15, 0.2) is 5.78 Å². The third-order valence-corrected chi connectivity index (χ3v) is 6.63. The maximum absolute atomic E-state index is 13.3. The summed E-state index contributed by atoms with van der Waals surface area (Å²) in [6, 6.07) is 0. The van der Waals surface area contributed by atoms with Gasteiger partial charge in [0, 0.05) is 25.9 Å². The van der Waals surface area contributed by atoms with Crippen LogP contribution in [0.15, 0.2) is 0 Å². The van der Waals surface area contributed by atoms with E-state index < -0.39 is 11.2 Å². The molecule has 1 aromatic carbocycles. The summed E-state index contributed by atoms with van der Waals surface area (Å²) in [6.07, 6.45) is 0.963. The molecule has 1 aromatic rings. The molecule has 0 N–H and O–H groups in total. The predicted molar refractivity (Wildman–Crippen MR) is 109 cm³/mol. The highest BCUT2D eigenvalue weighted by molar-refractivity contribution is 6.04. The van der Waals surface area contributed by atoms with Crippen molar-refractivity contribution in [2.24, 2.45) is 5.92 Å². The first-order valence-corrected chi connectivity index (χ1v) is 10.2. The van der Waals surface area contributed by atoms with Crippen LogP contribution in [0.3, 0.4) is 0 Å². The normalized spacial score (nSPS) is 21.4. The molecule has 1 amide bonds. The van der Waals surface area contributed by atoms with E-state index in [9.17, 15) is 9.59 Å². The van der Waals surface area contributed by atoms with Crippen LogP contribution in [0.5, 0.6) is 5.75 Å². The van der Waals surface area contributed by atoms with Crippen LogP contribution in [-0.4, -0.2) is 41.1 Å². The molecule has 0 aliphatic carbocycles. The number of nitrogens with zero attached hydrogens (tertiary/aromatic N) is 1. The van der Waals surface area contributed by atoms with Crippen LogP contribution < -0.4 is 4.74 Å². The Bertz CT molecular complexity index is 826. The molecule has 1 fully saturated rings. The zero-order valence-corrected chi connectivity index (χ0v) is 18.5. The van der Waals surface area contributed by atoms with Gasteiger partial charge in [-0.2, -0.15) is 0 Å². The minimum absolute atomic E-state index is 0.163. The molecule has 2 heterocycles. The summed E-state index contributed by atoms with van der Waals surface area (Å²) in [6.45, 7) is 16.8. The third-order valence-electron chi connectivity index (χ3n) is 6.63. The smallest absolute Gasteiger partial charge is 0.410 e. The number of likely N-dealkylation sites (tertiary alicyclic amines) is 1. The van der Waals surface area contributed by atoms with Gasteiger partial charge in [-0.15, -0.1) is 0 Å². The van der Waals surface area contributed by atoms with Gasteiger partial charge in [0.1, 0.15) is 17.0 Å². The fourth-order valence-electron chi connectivity index (χ4n) is 4.38. The number of Topliss-reactive ketones (excluding diaryl/α,β-unsaturated/α-hetero) is 1. The van der Waals surface area contributed by atoms with Crippen LogP contribution in [0, 0.1) is 33.6 Å². The Hall–Kier alpha value is -2.04. The molecule has 3 rings (SSSR count). The molecule has 0 bridgehead atoms. The molecule has 5 heteroatoms. The predicted octanol–water partition coefficient (Wildman–Crippen LogP) is 4.90. The molecule has 0 radical (unpaired) electrons. The van der Waals surface area contributed by atoms with E-state index in [1.807, 2.05) is 41.5 Å². The number of carbonyl (C=O) groups is 2. The van der Waals surface area contributed by atoms with Crippen molar-refractivity contribution in [1.82, 2.24) is 4.90 Å². The fourth-order valence-corrected chi connectivity index (χ4v) is 4.38. The number of ether oxygens (including phenoxy) is 2. The molecule has 1 unspecified atom stereocenters. The Morgan fingerprint density at radius 3 is 2.11 bits per heavy atom. The summed E-state index contributed by atoms with van der Waals surface area (Å²) < 4.78 is 12.1. The number of benzene rings is 1. The second kappa shape index (κ2) is 6.78.